The lowest BCUT2D eigenvalue weighted by atomic mass is 9.46. The lowest BCUT2D eigenvalue weighted by molar-refractivity contribution is -0.200. The van der Waals surface area contributed by atoms with Crippen LogP contribution in [0, 0.1) is 23.2 Å². The molecule has 4 rings (SSSR count). The molecule has 4 fully saturated rings. The van der Waals surface area contributed by atoms with E-state index >= 15 is 0 Å². The summed E-state index contributed by atoms with van der Waals surface area (Å²) in [5.74, 6) is 0.619. The highest BCUT2D eigenvalue weighted by atomic mass is 19.4. The maximum absolute atomic E-state index is 12.6. The molecule has 22 heavy (non-hydrogen) atoms. The van der Waals surface area contributed by atoms with Gasteiger partial charge in [-0.2, -0.15) is 13.2 Å². The fourth-order valence-corrected chi connectivity index (χ4v) is 5.37. The van der Waals surface area contributed by atoms with Gasteiger partial charge in [-0.25, -0.2) is 4.79 Å². The molecular formula is C17H23F3O2. The molecule has 0 aliphatic heterocycles. The van der Waals surface area contributed by atoms with Crippen LogP contribution in [0.25, 0.3) is 0 Å². The molecule has 0 aromatic carbocycles. The van der Waals surface area contributed by atoms with Gasteiger partial charge >= 0.3 is 12.1 Å². The monoisotopic (exact) mass is 316 g/mol. The van der Waals surface area contributed by atoms with Crippen molar-refractivity contribution in [1.82, 2.24) is 0 Å². The third kappa shape index (κ3) is 2.46. The first-order chi connectivity index (χ1) is 10.0. The van der Waals surface area contributed by atoms with Crippen LogP contribution in [-0.4, -0.2) is 17.7 Å². The summed E-state index contributed by atoms with van der Waals surface area (Å²) in [6.07, 6.45) is 1.89. The standard InChI is InChI=1S/C17H23F3O2/c1-10(17(18,19)20)14(21)22-15(2,3)16-7-11-4-12(8-16)6-13(5-11)9-16/h11-13H,1,4-9H2,2-3H3. The quantitative estimate of drug-likeness (QED) is 0.560. The molecule has 124 valence electrons. The minimum atomic E-state index is -4.73. The maximum Gasteiger partial charge on any atom is 0.422 e. The van der Waals surface area contributed by atoms with E-state index in [4.69, 9.17) is 4.74 Å². The molecule has 0 saturated heterocycles. The smallest absolute Gasteiger partial charge is 0.422 e. The summed E-state index contributed by atoms with van der Waals surface area (Å²) in [5.41, 5.74) is -2.46. The number of hydrogen-bond donors (Lipinski definition) is 0. The van der Waals surface area contributed by atoms with Gasteiger partial charge in [-0.15, -0.1) is 0 Å². The molecule has 0 unspecified atom stereocenters. The summed E-state index contributed by atoms with van der Waals surface area (Å²) in [6, 6.07) is 0. The fourth-order valence-electron chi connectivity index (χ4n) is 5.37. The van der Waals surface area contributed by atoms with Crippen LogP contribution in [0.2, 0.25) is 0 Å². The van der Waals surface area contributed by atoms with E-state index in [1.165, 1.54) is 19.3 Å². The number of rotatable bonds is 3. The second kappa shape index (κ2) is 4.75. The predicted octanol–water partition coefficient (Wildman–Crippen LogP) is 4.64. The van der Waals surface area contributed by atoms with Crippen molar-refractivity contribution in [3.05, 3.63) is 12.2 Å². The Labute approximate surface area is 129 Å². The number of ether oxygens (including phenoxy) is 1. The average molecular weight is 316 g/mol. The van der Waals surface area contributed by atoms with E-state index in [1.807, 2.05) is 0 Å². The Hall–Kier alpha value is -1.00. The first-order valence-electron chi connectivity index (χ1n) is 8.02. The summed E-state index contributed by atoms with van der Waals surface area (Å²) >= 11 is 0. The SMILES string of the molecule is C=C(C(=O)OC(C)(C)C12CC3CC(CC(C3)C1)C2)C(F)(F)F. The van der Waals surface area contributed by atoms with Gasteiger partial charge in [0.25, 0.3) is 0 Å². The number of carbonyl (C=O) groups is 1. The molecule has 4 aliphatic carbocycles. The van der Waals surface area contributed by atoms with Crippen molar-refractivity contribution < 1.29 is 22.7 Å². The molecule has 5 heteroatoms. The van der Waals surface area contributed by atoms with Crippen LogP contribution in [0.15, 0.2) is 12.2 Å². The number of hydrogen-bond acceptors (Lipinski definition) is 2. The Morgan fingerprint density at radius 1 is 1.05 bits per heavy atom. The van der Waals surface area contributed by atoms with E-state index in [1.54, 1.807) is 13.8 Å². The molecule has 0 spiro atoms. The second-order valence-electron chi connectivity index (χ2n) is 8.07. The molecular weight excluding hydrogens is 293 g/mol. The highest BCUT2D eigenvalue weighted by Gasteiger charge is 2.59. The summed E-state index contributed by atoms with van der Waals surface area (Å²) in [7, 11) is 0. The lowest BCUT2D eigenvalue weighted by Gasteiger charge is -2.61. The van der Waals surface area contributed by atoms with Crippen molar-refractivity contribution in [2.24, 2.45) is 23.2 Å². The first-order valence-corrected chi connectivity index (χ1v) is 8.02. The number of carbonyl (C=O) groups excluding carboxylic acids is 1. The van der Waals surface area contributed by atoms with Crippen molar-refractivity contribution in [2.45, 2.75) is 64.1 Å². The number of esters is 1. The van der Waals surface area contributed by atoms with Gasteiger partial charge in [0.2, 0.25) is 0 Å². The molecule has 0 amide bonds. The van der Waals surface area contributed by atoms with Crippen molar-refractivity contribution in [3.8, 4) is 0 Å². The first kappa shape index (κ1) is 15.9. The van der Waals surface area contributed by atoms with Gasteiger partial charge in [0.15, 0.2) is 0 Å². The topological polar surface area (TPSA) is 26.3 Å². The van der Waals surface area contributed by atoms with Gasteiger partial charge < -0.3 is 4.74 Å². The van der Waals surface area contributed by atoms with E-state index < -0.39 is 23.3 Å². The van der Waals surface area contributed by atoms with Gasteiger partial charge in [-0.3, -0.25) is 0 Å². The van der Waals surface area contributed by atoms with Crippen LogP contribution in [-0.2, 0) is 9.53 Å². The van der Waals surface area contributed by atoms with Gasteiger partial charge in [0.05, 0.1) is 0 Å². The highest BCUT2D eigenvalue weighted by molar-refractivity contribution is 5.89. The Bertz CT molecular complexity index is 469. The minimum Gasteiger partial charge on any atom is -0.455 e. The van der Waals surface area contributed by atoms with Crippen LogP contribution in [0.4, 0.5) is 13.2 Å². The zero-order chi connectivity index (χ0) is 16.3. The van der Waals surface area contributed by atoms with Crippen LogP contribution in [0.1, 0.15) is 52.4 Å². The molecule has 0 atom stereocenters. The normalized spacial score (nSPS) is 37.2. The molecule has 0 radical (unpaired) electrons. The third-order valence-electron chi connectivity index (χ3n) is 6.25. The molecule has 4 bridgehead atoms. The second-order valence-corrected chi connectivity index (χ2v) is 8.07. The van der Waals surface area contributed by atoms with Crippen LogP contribution >= 0.6 is 0 Å². The van der Waals surface area contributed by atoms with Gasteiger partial charge in [0, 0.05) is 5.41 Å². The van der Waals surface area contributed by atoms with E-state index in [0.29, 0.717) is 17.8 Å². The van der Waals surface area contributed by atoms with E-state index in [-0.39, 0.29) is 5.41 Å². The fraction of sp³-hybridized carbons (Fsp3) is 0.824. The Balaban J connectivity index is 1.78. The number of alkyl halides is 3. The zero-order valence-corrected chi connectivity index (χ0v) is 13.1. The minimum absolute atomic E-state index is 0.163. The predicted molar refractivity (Wildman–Crippen MR) is 76.0 cm³/mol. The summed E-state index contributed by atoms with van der Waals surface area (Å²) < 4.78 is 43.3. The Kier molecular flexibility index (Phi) is 3.43. The molecule has 4 saturated carbocycles. The van der Waals surface area contributed by atoms with Crippen LogP contribution < -0.4 is 0 Å². The summed E-state index contributed by atoms with van der Waals surface area (Å²) in [6.45, 7) is 6.42. The molecule has 0 heterocycles. The van der Waals surface area contributed by atoms with Gasteiger partial charge in [-0.1, -0.05) is 6.58 Å². The van der Waals surface area contributed by atoms with Crippen molar-refractivity contribution in [3.63, 3.8) is 0 Å². The molecule has 0 aromatic heterocycles. The molecule has 0 N–H and O–H groups in total. The molecule has 4 aliphatic rings. The maximum atomic E-state index is 12.6. The summed E-state index contributed by atoms with van der Waals surface area (Å²) in [4.78, 5) is 11.9. The Morgan fingerprint density at radius 2 is 1.45 bits per heavy atom. The van der Waals surface area contributed by atoms with Gasteiger partial charge in [0.1, 0.15) is 11.2 Å². The largest absolute Gasteiger partial charge is 0.455 e. The third-order valence-corrected chi connectivity index (χ3v) is 6.25. The highest BCUT2D eigenvalue weighted by Crippen LogP contribution is 2.64. The molecule has 0 aromatic rings. The van der Waals surface area contributed by atoms with Crippen molar-refractivity contribution in [2.75, 3.05) is 0 Å². The molecule has 2 nitrogen and oxygen atoms in total. The van der Waals surface area contributed by atoms with E-state index in [2.05, 4.69) is 6.58 Å². The van der Waals surface area contributed by atoms with E-state index in [0.717, 1.165) is 19.3 Å². The van der Waals surface area contributed by atoms with Crippen LogP contribution in [0.3, 0.4) is 0 Å². The van der Waals surface area contributed by atoms with Gasteiger partial charge in [-0.05, 0) is 70.1 Å². The summed E-state index contributed by atoms with van der Waals surface area (Å²) in [5, 5.41) is 0. The van der Waals surface area contributed by atoms with Crippen LogP contribution in [0.5, 0.6) is 0 Å². The Morgan fingerprint density at radius 3 is 1.82 bits per heavy atom. The van der Waals surface area contributed by atoms with Crippen molar-refractivity contribution >= 4 is 5.97 Å². The van der Waals surface area contributed by atoms with Crippen molar-refractivity contribution in [1.29, 1.82) is 0 Å². The zero-order valence-electron chi connectivity index (χ0n) is 13.1. The average Bonchev–Trinajstić information content (AvgIpc) is 2.34. The van der Waals surface area contributed by atoms with E-state index in [9.17, 15) is 18.0 Å². The lowest BCUT2D eigenvalue weighted by Crippen LogP contribution is -2.57. The number of halogens is 3.